The molecule has 0 spiro atoms. The predicted octanol–water partition coefficient (Wildman–Crippen LogP) is 2.26. The van der Waals surface area contributed by atoms with Gasteiger partial charge in [0.1, 0.15) is 0 Å². The number of aromatic nitrogens is 2. The highest BCUT2D eigenvalue weighted by Crippen LogP contribution is 2.53. The molecule has 3 aliphatic rings. The fourth-order valence-electron chi connectivity index (χ4n) is 5.68. The van der Waals surface area contributed by atoms with Crippen molar-refractivity contribution in [2.45, 2.75) is 32.4 Å². The number of carbonyl (C=O) groups is 2. The van der Waals surface area contributed by atoms with Gasteiger partial charge in [-0.1, -0.05) is 12.1 Å². The van der Waals surface area contributed by atoms with Crippen molar-refractivity contribution in [3.05, 3.63) is 41.8 Å². The van der Waals surface area contributed by atoms with Gasteiger partial charge in [0.2, 0.25) is 17.8 Å². The molecule has 4 N–H and O–H groups in total. The van der Waals surface area contributed by atoms with Crippen molar-refractivity contribution in [1.29, 1.82) is 0 Å². The normalized spacial score (nSPS) is 29.0. The minimum Gasteiger partial charge on any atom is -0.369 e. The maximum atomic E-state index is 14.6. The van der Waals surface area contributed by atoms with Crippen molar-refractivity contribution in [1.82, 2.24) is 14.9 Å². The number of anilines is 3. The Morgan fingerprint density at radius 3 is 2.87 bits per heavy atom. The van der Waals surface area contributed by atoms with Gasteiger partial charge < -0.3 is 21.3 Å². The molecule has 162 valence electrons. The molecule has 0 unspecified atom stereocenters. The average Bonchev–Trinajstić information content (AvgIpc) is 3.27. The van der Waals surface area contributed by atoms with Gasteiger partial charge in [0, 0.05) is 31.7 Å². The zero-order valence-corrected chi connectivity index (χ0v) is 17.2. The molecule has 2 fully saturated rings. The first kappa shape index (κ1) is 19.7. The SMILES string of the molecule is CC(=O)N1Cc2cccc(c2)Nc2ncc(F)c(n2)N[C@@H]2[C@@H]3C[C@H](C[C@H]3C1)[C@@H]2C(N)=O. The van der Waals surface area contributed by atoms with Crippen LogP contribution in [0, 0.1) is 29.5 Å². The number of hydrogen-bond acceptors (Lipinski definition) is 6. The molecule has 1 aromatic carbocycles. The first-order valence-corrected chi connectivity index (χ1v) is 10.6. The highest BCUT2D eigenvalue weighted by atomic mass is 19.1. The van der Waals surface area contributed by atoms with Crippen LogP contribution in [0.15, 0.2) is 30.5 Å². The third-order valence-corrected chi connectivity index (χ3v) is 6.97. The highest BCUT2D eigenvalue weighted by Gasteiger charge is 2.55. The Morgan fingerprint density at radius 2 is 2.10 bits per heavy atom. The van der Waals surface area contributed by atoms with E-state index in [-0.39, 0.29) is 47.4 Å². The molecular formula is C22H25FN6O2. The first-order valence-electron chi connectivity index (χ1n) is 10.6. The zero-order valence-electron chi connectivity index (χ0n) is 17.2. The van der Waals surface area contributed by atoms with E-state index in [1.807, 2.05) is 29.2 Å². The largest absolute Gasteiger partial charge is 0.369 e. The van der Waals surface area contributed by atoms with Crippen LogP contribution in [-0.2, 0) is 16.1 Å². The summed E-state index contributed by atoms with van der Waals surface area (Å²) in [6, 6.07) is 7.34. The molecule has 5 rings (SSSR count). The van der Waals surface area contributed by atoms with Gasteiger partial charge in [-0.2, -0.15) is 4.98 Å². The number of carbonyl (C=O) groups excluding carboxylic acids is 2. The third kappa shape index (κ3) is 3.58. The van der Waals surface area contributed by atoms with Gasteiger partial charge >= 0.3 is 0 Å². The Kier molecular flexibility index (Phi) is 4.75. The predicted molar refractivity (Wildman–Crippen MR) is 113 cm³/mol. The van der Waals surface area contributed by atoms with Gasteiger partial charge in [0.25, 0.3) is 0 Å². The van der Waals surface area contributed by atoms with Crippen LogP contribution in [0.25, 0.3) is 0 Å². The number of primary amides is 1. The topological polar surface area (TPSA) is 113 Å². The lowest BCUT2D eigenvalue weighted by atomic mass is 9.77. The van der Waals surface area contributed by atoms with Gasteiger partial charge in [0.05, 0.1) is 12.1 Å². The first-order chi connectivity index (χ1) is 14.9. The van der Waals surface area contributed by atoms with Crippen molar-refractivity contribution in [2.24, 2.45) is 29.4 Å². The molecule has 1 aliphatic heterocycles. The number of nitrogens with two attached hydrogens (primary N) is 1. The molecule has 2 aliphatic carbocycles. The van der Waals surface area contributed by atoms with Gasteiger partial charge in [-0.05, 0) is 48.3 Å². The molecule has 9 heteroatoms. The fourth-order valence-corrected chi connectivity index (χ4v) is 5.68. The molecule has 0 radical (unpaired) electrons. The lowest BCUT2D eigenvalue weighted by Gasteiger charge is -2.37. The van der Waals surface area contributed by atoms with Crippen LogP contribution in [0.4, 0.5) is 21.8 Å². The summed E-state index contributed by atoms with van der Waals surface area (Å²) in [5.74, 6) is -0.622. The van der Waals surface area contributed by atoms with E-state index in [9.17, 15) is 14.0 Å². The standard InChI is InChI=1S/C22H25FN6O2/c1-11(30)29-9-12-3-2-4-15(5-12)26-22-25-8-17(23)21(28-22)27-19-16-7-13(6-14(16)10-29)18(19)20(24)31/h2-5,8,13-14,16,18-19H,6-7,9-10H2,1H3,(H2,24,31)(H2,25,26,27,28)/t13-,14-,16+,18-,19+/m0/s1. The summed E-state index contributed by atoms with van der Waals surface area (Å²) in [5, 5.41) is 6.27. The molecule has 2 amide bonds. The van der Waals surface area contributed by atoms with Crippen molar-refractivity contribution in [3.63, 3.8) is 0 Å². The summed E-state index contributed by atoms with van der Waals surface area (Å²) in [4.78, 5) is 34.9. The van der Waals surface area contributed by atoms with Crippen LogP contribution in [-0.4, -0.2) is 39.3 Å². The minimum atomic E-state index is -0.584. The van der Waals surface area contributed by atoms with E-state index >= 15 is 0 Å². The molecule has 6 bridgehead atoms. The quantitative estimate of drug-likeness (QED) is 0.647. The maximum absolute atomic E-state index is 14.6. The fraction of sp³-hybridized carbons (Fsp3) is 0.455. The molecule has 1 aromatic heterocycles. The van der Waals surface area contributed by atoms with Crippen LogP contribution in [0.5, 0.6) is 0 Å². The number of benzene rings is 1. The summed E-state index contributed by atoms with van der Waals surface area (Å²) in [6.45, 7) is 2.66. The van der Waals surface area contributed by atoms with Crippen LogP contribution >= 0.6 is 0 Å². The molecule has 8 nitrogen and oxygen atoms in total. The molecule has 2 aromatic rings. The zero-order chi connectivity index (χ0) is 21.7. The Bertz CT molecular complexity index is 1050. The van der Waals surface area contributed by atoms with Crippen LogP contribution in [0.1, 0.15) is 25.3 Å². The monoisotopic (exact) mass is 424 g/mol. The molecule has 2 saturated carbocycles. The van der Waals surface area contributed by atoms with E-state index in [0.717, 1.165) is 30.3 Å². The summed E-state index contributed by atoms with van der Waals surface area (Å²) < 4.78 is 14.6. The summed E-state index contributed by atoms with van der Waals surface area (Å²) in [6.07, 6.45) is 2.78. The number of nitrogens with zero attached hydrogens (tertiary/aromatic N) is 3. The lowest BCUT2D eigenvalue weighted by Crippen LogP contribution is -2.47. The minimum absolute atomic E-state index is 0.00351. The van der Waals surface area contributed by atoms with Crippen molar-refractivity contribution in [2.75, 3.05) is 17.2 Å². The van der Waals surface area contributed by atoms with E-state index in [2.05, 4.69) is 20.6 Å². The second-order valence-corrected chi connectivity index (χ2v) is 8.87. The number of nitrogens with one attached hydrogen (secondary N) is 2. The van der Waals surface area contributed by atoms with Gasteiger partial charge in [-0.15, -0.1) is 0 Å². The second kappa shape index (κ2) is 7.47. The van der Waals surface area contributed by atoms with Crippen molar-refractivity contribution >= 4 is 29.3 Å². The molecule has 0 saturated heterocycles. The van der Waals surface area contributed by atoms with Crippen molar-refractivity contribution < 1.29 is 14.0 Å². The number of hydrogen-bond donors (Lipinski definition) is 3. The van der Waals surface area contributed by atoms with E-state index in [1.165, 1.54) is 0 Å². The maximum Gasteiger partial charge on any atom is 0.229 e. The Morgan fingerprint density at radius 1 is 1.26 bits per heavy atom. The molecule has 31 heavy (non-hydrogen) atoms. The number of fused-ring (bicyclic) bond motifs is 5. The van der Waals surface area contributed by atoms with E-state index < -0.39 is 11.7 Å². The second-order valence-electron chi connectivity index (χ2n) is 8.87. The Labute approximate surface area is 179 Å². The molecule has 5 atom stereocenters. The summed E-state index contributed by atoms with van der Waals surface area (Å²) in [7, 11) is 0. The summed E-state index contributed by atoms with van der Waals surface area (Å²) in [5.41, 5.74) is 7.45. The Hall–Kier alpha value is -3.23. The van der Waals surface area contributed by atoms with Crippen LogP contribution < -0.4 is 16.4 Å². The van der Waals surface area contributed by atoms with E-state index in [0.29, 0.717) is 13.1 Å². The van der Waals surface area contributed by atoms with Crippen molar-refractivity contribution in [3.8, 4) is 0 Å². The highest BCUT2D eigenvalue weighted by molar-refractivity contribution is 5.79. The smallest absolute Gasteiger partial charge is 0.229 e. The number of amides is 2. The van der Waals surface area contributed by atoms with Gasteiger partial charge in [-0.3, -0.25) is 9.59 Å². The molecular weight excluding hydrogens is 399 g/mol. The molecule has 2 heterocycles. The summed E-state index contributed by atoms with van der Waals surface area (Å²) >= 11 is 0. The third-order valence-electron chi connectivity index (χ3n) is 6.97. The van der Waals surface area contributed by atoms with Crippen LogP contribution in [0.2, 0.25) is 0 Å². The average molecular weight is 424 g/mol. The van der Waals surface area contributed by atoms with Gasteiger partial charge in [0.15, 0.2) is 11.6 Å². The van der Waals surface area contributed by atoms with Crippen LogP contribution in [0.3, 0.4) is 0 Å². The lowest BCUT2D eigenvalue weighted by molar-refractivity contribution is -0.131. The number of halogens is 1. The van der Waals surface area contributed by atoms with E-state index in [4.69, 9.17) is 5.73 Å². The van der Waals surface area contributed by atoms with Gasteiger partial charge in [-0.25, -0.2) is 9.37 Å². The van der Waals surface area contributed by atoms with E-state index in [1.54, 1.807) is 6.92 Å². The number of rotatable bonds is 1. The Balaban J connectivity index is 1.58.